The molecular formula is C23H37N. The molecule has 0 aliphatic rings. The van der Waals surface area contributed by atoms with Crippen LogP contribution in [0.25, 0.3) is 6.08 Å². The number of hydrogen-bond acceptors (Lipinski definition) is 1. The van der Waals surface area contributed by atoms with Gasteiger partial charge in [-0.25, -0.2) is 0 Å². The first-order valence-corrected chi connectivity index (χ1v) is 8.64. The van der Waals surface area contributed by atoms with E-state index in [4.69, 9.17) is 0 Å². The average molecular weight is 328 g/mol. The summed E-state index contributed by atoms with van der Waals surface area (Å²) in [7, 11) is 0. The molecule has 0 saturated heterocycles. The van der Waals surface area contributed by atoms with Crippen molar-refractivity contribution < 1.29 is 0 Å². The highest BCUT2D eigenvalue weighted by Crippen LogP contribution is 2.11. The summed E-state index contributed by atoms with van der Waals surface area (Å²) in [5.41, 5.74) is 4.86. The molecule has 1 aromatic carbocycles. The van der Waals surface area contributed by atoms with Gasteiger partial charge in [-0.3, -0.25) is 0 Å². The molecule has 0 amide bonds. The van der Waals surface area contributed by atoms with E-state index in [2.05, 4.69) is 69.3 Å². The fourth-order valence-corrected chi connectivity index (χ4v) is 1.78. The number of hydrogen-bond donors (Lipinski definition) is 0. The van der Waals surface area contributed by atoms with E-state index in [1.54, 1.807) is 6.08 Å². The summed E-state index contributed by atoms with van der Waals surface area (Å²) in [6.07, 6.45) is 4.78. The van der Waals surface area contributed by atoms with Crippen molar-refractivity contribution in [2.24, 2.45) is 0 Å². The molecule has 0 radical (unpaired) electrons. The topological polar surface area (TPSA) is 3.24 Å². The normalized spacial score (nSPS) is 9.08. The van der Waals surface area contributed by atoms with Crippen molar-refractivity contribution >= 4 is 6.08 Å². The molecule has 1 rings (SSSR count). The van der Waals surface area contributed by atoms with Crippen LogP contribution < -0.4 is 0 Å². The molecule has 0 aromatic heterocycles. The van der Waals surface area contributed by atoms with Gasteiger partial charge < -0.3 is 4.90 Å². The molecule has 0 bridgehead atoms. The van der Waals surface area contributed by atoms with E-state index in [-0.39, 0.29) is 0 Å². The highest BCUT2D eigenvalue weighted by molar-refractivity contribution is 5.51. The van der Waals surface area contributed by atoms with Gasteiger partial charge in [-0.05, 0) is 51.4 Å². The van der Waals surface area contributed by atoms with Crippen LogP contribution >= 0.6 is 0 Å². The molecule has 0 unspecified atom stereocenters. The largest absolute Gasteiger partial charge is 0.304 e. The number of nitrogens with zero attached hydrogens (tertiary/aromatic N) is 1. The Hall–Kier alpha value is -1.86. The summed E-state index contributed by atoms with van der Waals surface area (Å²) in [5.74, 6) is 0. The first kappa shape index (κ1) is 24.4. The number of likely N-dealkylation sites (N-methyl/N-ethyl adjacent to an activating group) is 1. The Morgan fingerprint density at radius 1 is 1.00 bits per heavy atom. The van der Waals surface area contributed by atoms with E-state index in [0.717, 1.165) is 31.6 Å². The minimum atomic E-state index is 1.02. The van der Waals surface area contributed by atoms with Crippen LogP contribution in [0.1, 0.15) is 45.7 Å². The van der Waals surface area contributed by atoms with Crippen molar-refractivity contribution in [2.45, 2.75) is 41.0 Å². The van der Waals surface area contributed by atoms with Crippen LogP contribution in [0.15, 0.2) is 67.8 Å². The van der Waals surface area contributed by atoms with Crippen molar-refractivity contribution in [1.82, 2.24) is 4.90 Å². The minimum Gasteiger partial charge on any atom is -0.304 e. The molecule has 1 aromatic rings. The summed E-state index contributed by atoms with van der Waals surface area (Å²) in [6.45, 7) is 28.1. The van der Waals surface area contributed by atoms with E-state index in [1.165, 1.54) is 16.7 Å². The van der Waals surface area contributed by atoms with Gasteiger partial charge in [-0.15, -0.1) is 6.58 Å². The quantitative estimate of drug-likeness (QED) is 0.405. The van der Waals surface area contributed by atoms with Crippen molar-refractivity contribution in [3.05, 3.63) is 78.9 Å². The molecule has 0 fully saturated rings. The molecule has 0 atom stereocenters. The van der Waals surface area contributed by atoms with Gasteiger partial charge in [-0.2, -0.15) is 0 Å². The summed E-state index contributed by atoms with van der Waals surface area (Å²) >= 11 is 0. The number of rotatable bonds is 7. The van der Waals surface area contributed by atoms with Gasteiger partial charge in [0.25, 0.3) is 0 Å². The Morgan fingerprint density at radius 3 is 1.83 bits per heavy atom. The lowest BCUT2D eigenvalue weighted by Crippen LogP contribution is -2.25. The van der Waals surface area contributed by atoms with Crippen LogP contribution in [-0.4, -0.2) is 24.5 Å². The Bertz CT molecular complexity index is 489. The first-order chi connectivity index (χ1) is 11.3. The molecule has 1 nitrogen and oxygen atoms in total. The second-order valence-electron chi connectivity index (χ2n) is 5.94. The lowest BCUT2D eigenvalue weighted by molar-refractivity contribution is 0.308. The zero-order valence-electron chi connectivity index (χ0n) is 16.6. The highest BCUT2D eigenvalue weighted by atomic mass is 15.1. The summed E-state index contributed by atoms with van der Waals surface area (Å²) in [4.78, 5) is 2.44. The van der Waals surface area contributed by atoms with Gasteiger partial charge in [0.05, 0.1) is 0 Å². The van der Waals surface area contributed by atoms with E-state index < -0.39 is 0 Å². The maximum Gasteiger partial charge on any atom is 0.00218 e. The van der Waals surface area contributed by atoms with Gasteiger partial charge in [0.1, 0.15) is 0 Å². The Labute approximate surface area is 151 Å². The van der Waals surface area contributed by atoms with Crippen molar-refractivity contribution in [2.75, 3.05) is 19.6 Å². The standard InChI is InChI=1S/C14H21N.C5H8.C4H8/c1-4-13-9-7-8-10-14(13)11-12-15(5-2)6-3;1-4-5(2)3;1-4(2)3/h4,7-10H,1,5-6,11-12H2,2-3H3;4H,1-2H2,3H3;1H2,2-3H3. The van der Waals surface area contributed by atoms with Crippen LogP contribution in [0.3, 0.4) is 0 Å². The van der Waals surface area contributed by atoms with Gasteiger partial charge in [0.2, 0.25) is 0 Å². The van der Waals surface area contributed by atoms with Gasteiger partial charge in [0.15, 0.2) is 0 Å². The van der Waals surface area contributed by atoms with Crippen LogP contribution in [0.4, 0.5) is 0 Å². The van der Waals surface area contributed by atoms with Crippen molar-refractivity contribution in [1.29, 1.82) is 0 Å². The molecule has 0 saturated carbocycles. The third kappa shape index (κ3) is 15.1. The van der Waals surface area contributed by atoms with Crippen LogP contribution in [0, 0.1) is 0 Å². The Balaban J connectivity index is 0. The second kappa shape index (κ2) is 16.0. The van der Waals surface area contributed by atoms with E-state index >= 15 is 0 Å². The molecule has 24 heavy (non-hydrogen) atoms. The lowest BCUT2D eigenvalue weighted by atomic mass is 10.0. The monoisotopic (exact) mass is 327 g/mol. The molecule has 134 valence electrons. The van der Waals surface area contributed by atoms with Crippen LogP contribution in [-0.2, 0) is 6.42 Å². The summed E-state index contributed by atoms with van der Waals surface area (Å²) in [6, 6.07) is 8.49. The number of benzene rings is 1. The second-order valence-corrected chi connectivity index (χ2v) is 5.94. The third-order valence-electron chi connectivity index (χ3n) is 3.22. The Morgan fingerprint density at radius 2 is 1.46 bits per heavy atom. The number of allylic oxidation sites excluding steroid dienone is 3. The minimum absolute atomic E-state index is 1.02. The Kier molecular flexibility index (Phi) is 16.3. The van der Waals surface area contributed by atoms with Crippen molar-refractivity contribution in [3.8, 4) is 0 Å². The molecule has 0 heterocycles. The molecule has 0 aliphatic heterocycles. The molecule has 1 heteroatoms. The third-order valence-corrected chi connectivity index (χ3v) is 3.22. The fraction of sp³-hybridized carbons (Fsp3) is 0.391. The maximum atomic E-state index is 3.85. The molecular weight excluding hydrogens is 290 g/mol. The SMILES string of the molecule is C=C(C)C.C=CC(=C)C.C=Cc1ccccc1CCN(CC)CC. The molecule has 0 spiro atoms. The van der Waals surface area contributed by atoms with Crippen LogP contribution in [0.5, 0.6) is 0 Å². The molecule has 0 N–H and O–H groups in total. The van der Waals surface area contributed by atoms with Crippen LogP contribution in [0.2, 0.25) is 0 Å². The summed E-state index contributed by atoms with van der Waals surface area (Å²) in [5, 5.41) is 0. The zero-order valence-corrected chi connectivity index (χ0v) is 16.6. The average Bonchev–Trinajstić information content (AvgIpc) is 2.56. The predicted octanol–water partition coefficient (Wildman–Crippen LogP) is 6.54. The highest BCUT2D eigenvalue weighted by Gasteiger charge is 2.02. The van der Waals surface area contributed by atoms with Gasteiger partial charge in [0, 0.05) is 6.54 Å². The van der Waals surface area contributed by atoms with E-state index in [0.29, 0.717) is 0 Å². The van der Waals surface area contributed by atoms with E-state index in [1.807, 2.05) is 26.8 Å². The smallest absolute Gasteiger partial charge is 0.00218 e. The van der Waals surface area contributed by atoms with E-state index in [9.17, 15) is 0 Å². The van der Waals surface area contributed by atoms with Gasteiger partial charge >= 0.3 is 0 Å². The zero-order chi connectivity index (χ0) is 19.0. The lowest BCUT2D eigenvalue weighted by Gasteiger charge is -2.18. The maximum absolute atomic E-state index is 3.85. The first-order valence-electron chi connectivity index (χ1n) is 8.64. The van der Waals surface area contributed by atoms with Gasteiger partial charge in [-0.1, -0.05) is 81.1 Å². The fourth-order valence-electron chi connectivity index (χ4n) is 1.78. The predicted molar refractivity (Wildman–Crippen MR) is 114 cm³/mol. The molecule has 0 aliphatic carbocycles. The summed E-state index contributed by atoms with van der Waals surface area (Å²) < 4.78 is 0. The van der Waals surface area contributed by atoms with Crippen molar-refractivity contribution in [3.63, 3.8) is 0 Å².